The molecule has 5 aromatic carbocycles. The number of aromatic nitrogens is 5. The highest BCUT2D eigenvalue weighted by Gasteiger charge is 2.15. The van der Waals surface area contributed by atoms with Crippen LogP contribution in [0.3, 0.4) is 0 Å². The highest BCUT2D eigenvalue weighted by atomic mass is 15.1. The van der Waals surface area contributed by atoms with Crippen molar-refractivity contribution in [2.24, 2.45) is 0 Å². The Balaban J connectivity index is 1.26. The van der Waals surface area contributed by atoms with Crippen LogP contribution in [-0.2, 0) is 0 Å². The molecule has 2 aromatic heterocycles. The molecule has 198 valence electrons. The van der Waals surface area contributed by atoms with Crippen LogP contribution in [0.1, 0.15) is 0 Å². The van der Waals surface area contributed by atoms with Crippen LogP contribution in [0.5, 0.6) is 0 Å². The van der Waals surface area contributed by atoms with E-state index in [0.717, 1.165) is 50.3 Å². The van der Waals surface area contributed by atoms with E-state index in [1.807, 2.05) is 115 Å². The van der Waals surface area contributed by atoms with Crippen molar-refractivity contribution < 1.29 is 0 Å². The van der Waals surface area contributed by atoms with E-state index < -0.39 is 0 Å². The van der Waals surface area contributed by atoms with Crippen molar-refractivity contribution in [3.63, 3.8) is 0 Å². The van der Waals surface area contributed by atoms with Gasteiger partial charge in [0.05, 0.1) is 11.4 Å². The molecule has 0 saturated carbocycles. The van der Waals surface area contributed by atoms with Crippen molar-refractivity contribution in [3.05, 3.63) is 152 Å². The third kappa shape index (κ3) is 5.19. The molecule has 42 heavy (non-hydrogen) atoms. The van der Waals surface area contributed by atoms with Crippen molar-refractivity contribution in [2.45, 2.75) is 0 Å². The highest BCUT2D eigenvalue weighted by molar-refractivity contribution is 5.82. The summed E-state index contributed by atoms with van der Waals surface area (Å²) in [6, 6.07) is 50.8. The van der Waals surface area contributed by atoms with Crippen LogP contribution < -0.4 is 0 Å². The lowest BCUT2D eigenvalue weighted by molar-refractivity contribution is 1.04. The second-order valence-corrected chi connectivity index (χ2v) is 9.83. The van der Waals surface area contributed by atoms with Gasteiger partial charge in [0.2, 0.25) is 0 Å². The average Bonchev–Trinajstić information content (AvgIpc) is 3.09. The van der Waals surface area contributed by atoms with Crippen molar-refractivity contribution in [2.75, 3.05) is 0 Å². The first-order valence-electron chi connectivity index (χ1n) is 13.8. The molecule has 0 spiro atoms. The number of rotatable bonds is 6. The molecular formula is C37H25N5. The predicted octanol–water partition coefficient (Wildman–Crippen LogP) is 8.66. The third-order valence-corrected chi connectivity index (χ3v) is 7.09. The Morgan fingerprint density at radius 3 is 1.14 bits per heavy atom. The molecule has 2 heterocycles. The Morgan fingerprint density at radius 2 is 0.643 bits per heavy atom. The fourth-order valence-electron chi connectivity index (χ4n) is 4.93. The maximum absolute atomic E-state index is 4.94. The summed E-state index contributed by atoms with van der Waals surface area (Å²) in [5, 5.41) is 8.95. The highest BCUT2D eigenvalue weighted by Crippen LogP contribution is 2.33. The van der Waals surface area contributed by atoms with Gasteiger partial charge in [-0.1, -0.05) is 140 Å². The summed E-state index contributed by atoms with van der Waals surface area (Å²) in [5.74, 6) is 1.91. The predicted molar refractivity (Wildman–Crippen MR) is 168 cm³/mol. The second kappa shape index (κ2) is 11.4. The molecule has 0 aliphatic carbocycles. The van der Waals surface area contributed by atoms with Gasteiger partial charge < -0.3 is 0 Å². The minimum atomic E-state index is 0.629. The SMILES string of the molecule is c1ccc(-c2ccc(-c3ccc(-c4ccccc4-c4nc(-c5ccccc5)nc(-c5ccccc5)n4)cc3)nn2)cc1. The van der Waals surface area contributed by atoms with E-state index in [1.165, 1.54) is 0 Å². The Morgan fingerprint density at radius 1 is 0.262 bits per heavy atom. The number of benzene rings is 5. The minimum Gasteiger partial charge on any atom is -0.208 e. The summed E-state index contributed by atoms with van der Waals surface area (Å²) in [6.07, 6.45) is 0. The van der Waals surface area contributed by atoms with Crippen molar-refractivity contribution in [1.82, 2.24) is 25.1 Å². The van der Waals surface area contributed by atoms with Crippen LogP contribution in [0.4, 0.5) is 0 Å². The van der Waals surface area contributed by atoms with Gasteiger partial charge >= 0.3 is 0 Å². The molecular weight excluding hydrogens is 514 g/mol. The van der Waals surface area contributed by atoms with Crippen molar-refractivity contribution in [3.8, 4) is 67.8 Å². The topological polar surface area (TPSA) is 64.5 Å². The lowest BCUT2D eigenvalue weighted by atomic mass is 9.97. The molecule has 0 unspecified atom stereocenters. The van der Waals surface area contributed by atoms with E-state index in [-0.39, 0.29) is 0 Å². The molecule has 0 bridgehead atoms. The minimum absolute atomic E-state index is 0.629. The molecule has 0 aliphatic rings. The van der Waals surface area contributed by atoms with Gasteiger partial charge in [-0.25, -0.2) is 15.0 Å². The smallest absolute Gasteiger partial charge is 0.164 e. The van der Waals surface area contributed by atoms with Gasteiger partial charge in [0.1, 0.15) is 0 Å². The van der Waals surface area contributed by atoms with Gasteiger partial charge in [0.25, 0.3) is 0 Å². The van der Waals surface area contributed by atoms with Crippen molar-refractivity contribution in [1.29, 1.82) is 0 Å². The van der Waals surface area contributed by atoms with Gasteiger partial charge in [-0.05, 0) is 23.3 Å². The zero-order chi connectivity index (χ0) is 28.1. The number of hydrogen-bond acceptors (Lipinski definition) is 5. The summed E-state index contributed by atoms with van der Waals surface area (Å²) in [5.41, 5.74) is 8.66. The summed E-state index contributed by atoms with van der Waals surface area (Å²) in [7, 11) is 0. The van der Waals surface area contributed by atoms with Gasteiger partial charge in [0, 0.05) is 27.8 Å². The van der Waals surface area contributed by atoms with Crippen LogP contribution in [0, 0.1) is 0 Å². The maximum Gasteiger partial charge on any atom is 0.164 e. The Labute approximate surface area is 244 Å². The Hall–Kier alpha value is -5.81. The summed E-state index contributed by atoms with van der Waals surface area (Å²) in [6.45, 7) is 0. The first-order chi connectivity index (χ1) is 20.8. The zero-order valence-electron chi connectivity index (χ0n) is 22.7. The van der Waals surface area contributed by atoms with Crippen molar-refractivity contribution >= 4 is 0 Å². The molecule has 0 N–H and O–H groups in total. The third-order valence-electron chi connectivity index (χ3n) is 7.09. The maximum atomic E-state index is 4.94. The number of nitrogens with zero attached hydrogens (tertiary/aromatic N) is 5. The largest absolute Gasteiger partial charge is 0.208 e. The molecule has 7 rings (SSSR count). The van der Waals surface area contributed by atoms with Gasteiger partial charge in [0.15, 0.2) is 17.5 Å². The molecule has 0 radical (unpaired) electrons. The molecule has 0 fully saturated rings. The van der Waals surface area contributed by atoms with Gasteiger partial charge in [-0.2, -0.15) is 0 Å². The zero-order valence-corrected chi connectivity index (χ0v) is 22.7. The first-order valence-corrected chi connectivity index (χ1v) is 13.8. The van der Waals surface area contributed by atoms with Crippen LogP contribution in [0.15, 0.2) is 152 Å². The van der Waals surface area contributed by atoms with E-state index in [0.29, 0.717) is 17.5 Å². The van der Waals surface area contributed by atoms with Crippen LogP contribution in [-0.4, -0.2) is 25.1 Å². The summed E-state index contributed by atoms with van der Waals surface area (Å²) < 4.78 is 0. The van der Waals surface area contributed by atoms with Crippen LogP contribution >= 0.6 is 0 Å². The normalized spacial score (nSPS) is 10.9. The molecule has 0 aliphatic heterocycles. The molecule has 7 aromatic rings. The summed E-state index contributed by atoms with van der Waals surface area (Å²) >= 11 is 0. The van der Waals surface area contributed by atoms with Gasteiger partial charge in [-0.15, -0.1) is 10.2 Å². The fourth-order valence-corrected chi connectivity index (χ4v) is 4.93. The fraction of sp³-hybridized carbons (Fsp3) is 0. The summed E-state index contributed by atoms with van der Waals surface area (Å²) in [4.78, 5) is 14.7. The Kier molecular flexibility index (Phi) is 6.81. The van der Waals surface area contributed by atoms with E-state index in [9.17, 15) is 0 Å². The van der Waals surface area contributed by atoms with E-state index in [2.05, 4.69) is 46.6 Å². The molecule has 5 heteroatoms. The molecule has 0 atom stereocenters. The molecule has 0 saturated heterocycles. The molecule has 0 amide bonds. The lowest BCUT2D eigenvalue weighted by Gasteiger charge is -2.12. The van der Waals surface area contributed by atoms with Crippen LogP contribution in [0.2, 0.25) is 0 Å². The first kappa shape index (κ1) is 25.2. The lowest BCUT2D eigenvalue weighted by Crippen LogP contribution is -2.01. The quantitative estimate of drug-likeness (QED) is 0.212. The average molecular weight is 540 g/mol. The second-order valence-electron chi connectivity index (χ2n) is 9.83. The number of hydrogen-bond donors (Lipinski definition) is 0. The molecule has 5 nitrogen and oxygen atoms in total. The standard InChI is InChI=1S/C37H25N5/c1-4-12-27(13-5-1)33-24-25-34(42-41-33)28-22-20-26(21-23-28)31-18-10-11-19-32(31)37-39-35(29-14-6-2-7-15-29)38-36(40-37)30-16-8-3-9-17-30/h1-25H. The van der Waals surface area contributed by atoms with E-state index in [1.54, 1.807) is 0 Å². The van der Waals surface area contributed by atoms with Gasteiger partial charge in [-0.3, -0.25) is 0 Å². The Bertz CT molecular complexity index is 1880. The van der Waals surface area contributed by atoms with Crippen LogP contribution in [0.25, 0.3) is 67.8 Å². The van der Waals surface area contributed by atoms with E-state index in [4.69, 9.17) is 15.0 Å². The van der Waals surface area contributed by atoms with E-state index >= 15 is 0 Å². The monoisotopic (exact) mass is 539 g/mol.